The van der Waals surface area contributed by atoms with Gasteiger partial charge < -0.3 is 22.1 Å². The van der Waals surface area contributed by atoms with Crippen molar-refractivity contribution >= 4 is 23.2 Å². The lowest BCUT2D eigenvalue weighted by Crippen LogP contribution is -3.00. The van der Waals surface area contributed by atoms with Gasteiger partial charge in [0.1, 0.15) is 23.2 Å². The molecule has 3 heteroatoms. The summed E-state index contributed by atoms with van der Waals surface area (Å²) in [5.74, 6) is 0.709. The van der Waals surface area contributed by atoms with E-state index in [9.17, 15) is 0 Å². The number of hydrogen-bond acceptors (Lipinski definition) is 1. The van der Waals surface area contributed by atoms with Gasteiger partial charge in [-0.25, -0.2) is 0 Å². The maximum atomic E-state index is 7.00. The van der Waals surface area contributed by atoms with Gasteiger partial charge in [-0.15, -0.1) is 0 Å². The Morgan fingerprint density at radius 2 is 0.926 bits per heavy atom. The van der Waals surface area contributed by atoms with Crippen molar-refractivity contribution < 1.29 is 22.1 Å². The lowest BCUT2D eigenvalue weighted by molar-refractivity contribution is -0.00000613. The van der Waals surface area contributed by atoms with E-state index >= 15 is 0 Å². The van der Waals surface area contributed by atoms with Crippen LogP contribution in [0.4, 0.5) is 0 Å². The molecule has 0 radical (unpaired) electrons. The molecule has 0 heterocycles. The van der Waals surface area contributed by atoms with Crippen molar-refractivity contribution in [2.75, 3.05) is 13.3 Å². The molecule has 0 unspecified atom stereocenters. The first-order chi connectivity index (χ1) is 12.7. The Hall–Kier alpha value is -1.47. The van der Waals surface area contributed by atoms with Gasteiger partial charge in [-0.3, -0.25) is 0 Å². The third-order valence-electron chi connectivity index (χ3n) is 4.63. The molecule has 0 aliphatic heterocycles. The van der Waals surface area contributed by atoms with E-state index in [0.29, 0.717) is 5.92 Å². The van der Waals surface area contributed by atoms with Crippen molar-refractivity contribution in [2.24, 2.45) is 5.92 Å². The molecule has 0 aliphatic carbocycles. The van der Waals surface area contributed by atoms with Crippen LogP contribution in [0.5, 0.6) is 0 Å². The topological polar surface area (TPSA) is 20.2 Å². The van der Waals surface area contributed by atoms with Crippen molar-refractivity contribution in [1.29, 1.82) is 0 Å². The van der Waals surface area contributed by atoms with Crippen LogP contribution in [0.15, 0.2) is 91.0 Å². The van der Waals surface area contributed by atoms with Gasteiger partial charge >= 0.3 is 0 Å². The van der Waals surface area contributed by atoms with Gasteiger partial charge in [0.2, 0.25) is 0 Å². The van der Waals surface area contributed by atoms with Crippen LogP contribution in [0.3, 0.4) is 0 Å². The van der Waals surface area contributed by atoms with Crippen LogP contribution in [0, 0.1) is 5.92 Å². The Bertz CT molecular complexity index is 648. The highest BCUT2D eigenvalue weighted by atomic mass is 79.9. The molecule has 0 saturated carbocycles. The molecule has 0 fully saturated rings. The predicted molar refractivity (Wildman–Crippen MR) is 118 cm³/mol. The van der Waals surface area contributed by atoms with Crippen molar-refractivity contribution in [2.45, 2.75) is 20.3 Å². The van der Waals surface area contributed by atoms with E-state index in [0.717, 1.165) is 7.11 Å². The van der Waals surface area contributed by atoms with E-state index in [1.54, 1.807) is 0 Å². The van der Waals surface area contributed by atoms with Gasteiger partial charge in [0, 0.05) is 7.11 Å². The summed E-state index contributed by atoms with van der Waals surface area (Å²) in [7, 11) is -0.607. The fraction of sp³-hybridized carbons (Fsp3) is 0.250. The fourth-order valence-electron chi connectivity index (χ4n) is 3.33. The normalized spacial score (nSPS) is 10.6. The Labute approximate surface area is 175 Å². The second-order valence-corrected chi connectivity index (χ2v) is 10.3. The summed E-state index contributed by atoms with van der Waals surface area (Å²) in [5, 5.41) is 11.5. The Morgan fingerprint density at radius 3 is 1.19 bits per heavy atom. The smallest absolute Gasteiger partial charge is 0.112 e. The van der Waals surface area contributed by atoms with Gasteiger partial charge in [0.25, 0.3) is 0 Å². The highest BCUT2D eigenvalue weighted by Gasteiger charge is 2.44. The summed E-state index contributed by atoms with van der Waals surface area (Å²) in [4.78, 5) is 0. The molecular formula is C24H30BrOP. The maximum absolute atomic E-state index is 7.00. The molecule has 27 heavy (non-hydrogen) atoms. The lowest BCUT2D eigenvalue weighted by atomic mass is 10.2. The minimum atomic E-state index is -1.61. The van der Waals surface area contributed by atoms with E-state index < -0.39 is 7.26 Å². The average molecular weight is 445 g/mol. The number of benzene rings is 3. The second kappa shape index (κ2) is 12.1. The standard InChI is InChI=1S/C23H26P.CH4O.BrH/c1-20(2)18-19-24(21-12-6-3-7-13-21,22-14-8-4-9-15-22)23-16-10-5-11-17-23;1-2;/h3-17,20H,18-19H2,1-2H3;2H,1H3;1H/q+1;;/p-1. The molecule has 3 aromatic rings. The number of aliphatic hydroxyl groups excluding tert-OH is 1. The minimum absolute atomic E-state index is 0. The lowest BCUT2D eigenvalue weighted by Gasteiger charge is -2.28. The fourth-order valence-corrected chi connectivity index (χ4v) is 7.95. The second-order valence-electron chi connectivity index (χ2n) is 6.72. The van der Waals surface area contributed by atoms with Gasteiger partial charge in [-0.2, -0.15) is 0 Å². The molecule has 0 aromatic heterocycles. The summed E-state index contributed by atoms with van der Waals surface area (Å²) in [6.45, 7) is 4.66. The predicted octanol–water partition coefficient (Wildman–Crippen LogP) is 1.64. The largest absolute Gasteiger partial charge is 1.00 e. The third kappa shape index (κ3) is 5.75. The molecule has 0 spiro atoms. The van der Waals surface area contributed by atoms with E-state index in [1.165, 1.54) is 28.5 Å². The molecule has 0 atom stereocenters. The zero-order valence-electron chi connectivity index (χ0n) is 16.4. The number of halogens is 1. The van der Waals surface area contributed by atoms with Crippen LogP contribution >= 0.6 is 7.26 Å². The molecule has 3 aromatic carbocycles. The van der Waals surface area contributed by atoms with Crippen LogP contribution in [0.25, 0.3) is 0 Å². The van der Waals surface area contributed by atoms with Crippen molar-refractivity contribution in [1.82, 2.24) is 0 Å². The Kier molecular flexibility index (Phi) is 10.5. The molecule has 1 N–H and O–H groups in total. The summed E-state index contributed by atoms with van der Waals surface area (Å²) < 4.78 is 0. The Morgan fingerprint density at radius 1 is 0.630 bits per heavy atom. The molecule has 0 amide bonds. The molecule has 1 nitrogen and oxygen atoms in total. The van der Waals surface area contributed by atoms with Crippen molar-refractivity contribution in [3.8, 4) is 0 Å². The molecule has 0 saturated heterocycles. The molecular weight excluding hydrogens is 415 g/mol. The number of aliphatic hydroxyl groups is 1. The van der Waals surface area contributed by atoms with Crippen molar-refractivity contribution in [3.05, 3.63) is 91.0 Å². The number of rotatable bonds is 6. The van der Waals surface area contributed by atoms with E-state index in [2.05, 4.69) is 105 Å². The summed E-state index contributed by atoms with van der Waals surface area (Å²) in [6.07, 6.45) is 2.47. The SMILES string of the molecule is CC(C)CC[P+](c1ccccc1)(c1ccccc1)c1ccccc1.CO.[Br-]. The molecule has 0 aliphatic rings. The van der Waals surface area contributed by atoms with E-state index in [1.807, 2.05) is 0 Å². The maximum Gasteiger partial charge on any atom is 0.112 e. The highest BCUT2D eigenvalue weighted by Crippen LogP contribution is 2.56. The first kappa shape index (κ1) is 23.6. The van der Waals surface area contributed by atoms with E-state index in [-0.39, 0.29) is 17.0 Å². The van der Waals surface area contributed by atoms with Gasteiger partial charge in [-0.1, -0.05) is 68.4 Å². The summed E-state index contributed by atoms with van der Waals surface area (Å²) in [5.41, 5.74) is 0. The molecule has 3 rings (SSSR count). The van der Waals surface area contributed by atoms with E-state index in [4.69, 9.17) is 5.11 Å². The van der Waals surface area contributed by atoms with Crippen LogP contribution in [0.1, 0.15) is 20.3 Å². The zero-order chi connectivity index (χ0) is 18.8. The van der Waals surface area contributed by atoms with Gasteiger partial charge in [-0.05, 0) is 48.7 Å². The molecule has 0 bridgehead atoms. The van der Waals surface area contributed by atoms with Gasteiger partial charge in [0.15, 0.2) is 0 Å². The van der Waals surface area contributed by atoms with Crippen LogP contribution in [-0.4, -0.2) is 18.4 Å². The first-order valence-electron chi connectivity index (χ1n) is 9.23. The zero-order valence-corrected chi connectivity index (χ0v) is 18.9. The summed E-state index contributed by atoms with van der Waals surface area (Å²) >= 11 is 0. The minimum Gasteiger partial charge on any atom is -1.00 e. The highest BCUT2D eigenvalue weighted by molar-refractivity contribution is 7.95. The van der Waals surface area contributed by atoms with Crippen LogP contribution < -0.4 is 32.9 Å². The van der Waals surface area contributed by atoms with Crippen molar-refractivity contribution in [3.63, 3.8) is 0 Å². The van der Waals surface area contributed by atoms with Crippen LogP contribution in [0.2, 0.25) is 0 Å². The monoisotopic (exact) mass is 444 g/mol. The van der Waals surface area contributed by atoms with Crippen LogP contribution in [-0.2, 0) is 0 Å². The first-order valence-corrected chi connectivity index (χ1v) is 11.2. The van der Waals surface area contributed by atoms with Gasteiger partial charge in [0.05, 0.1) is 6.16 Å². The third-order valence-corrected chi connectivity index (χ3v) is 9.10. The average Bonchev–Trinajstić information content (AvgIpc) is 2.72. The Balaban J connectivity index is 0.00000118. The quantitative estimate of drug-likeness (QED) is 0.573. The summed E-state index contributed by atoms with van der Waals surface area (Å²) in [6, 6.07) is 33.4. The number of hydrogen-bond donors (Lipinski definition) is 1. The molecule has 144 valence electrons.